The summed E-state index contributed by atoms with van der Waals surface area (Å²) in [6, 6.07) is 0.298. The zero-order valence-corrected chi connectivity index (χ0v) is 9.72. The molecule has 1 fully saturated rings. The van der Waals surface area contributed by atoms with Crippen molar-refractivity contribution in [1.29, 1.82) is 0 Å². The van der Waals surface area contributed by atoms with E-state index in [1.54, 1.807) is 6.92 Å². The third-order valence-electron chi connectivity index (χ3n) is 3.02. The molecule has 0 aliphatic heterocycles. The van der Waals surface area contributed by atoms with Gasteiger partial charge in [-0.2, -0.15) is 13.2 Å². The fraction of sp³-hybridized carbons (Fsp3) is 0.727. The van der Waals surface area contributed by atoms with Gasteiger partial charge in [0.2, 0.25) is 5.95 Å². The fourth-order valence-electron chi connectivity index (χ4n) is 2.29. The number of alkyl halides is 3. The van der Waals surface area contributed by atoms with Crippen LogP contribution < -0.4 is 5.32 Å². The van der Waals surface area contributed by atoms with E-state index in [2.05, 4.69) is 10.3 Å². The van der Waals surface area contributed by atoms with E-state index in [1.165, 1.54) is 0 Å². The third kappa shape index (κ3) is 3.14. The van der Waals surface area contributed by atoms with Gasteiger partial charge in [-0.1, -0.05) is 12.8 Å². The Kier molecular flexibility index (Phi) is 3.31. The first kappa shape index (κ1) is 12.3. The van der Waals surface area contributed by atoms with Crippen LogP contribution in [0.25, 0.3) is 0 Å². The van der Waals surface area contributed by atoms with Crippen molar-refractivity contribution in [2.45, 2.75) is 44.8 Å². The molecule has 0 amide bonds. The van der Waals surface area contributed by atoms with Crippen LogP contribution in [0.4, 0.5) is 19.1 Å². The molecule has 0 unspecified atom stereocenters. The molecular formula is C11H16F3N3. The normalized spacial score (nSPS) is 17.6. The summed E-state index contributed by atoms with van der Waals surface area (Å²) in [4.78, 5) is 4.11. The molecule has 0 atom stereocenters. The van der Waals surface area contributed by atoms with Gasteiger partial charge in [0, 0.05) is 12.2 Å². The van der Waals surface area contributed by atoms with Crippen LogP contribution in [-0.2, 0) is 0 Å². The van der Waals surface area contributed by atoms with Crippen LogP contribution in [0, 0.1) is 6.92 Å². The molecule has 1 aromatic rings. The molecule has 1 saturated carbocycles. The molecule has 1 aliphatic rings. The average Bonchev–Trinajstić information content (AvgIpc) is 2.81. The van der Waals surface area contributed by atoms with Gasteiger partial charge in [-0.15, -0.1) is 0 Å². The van der Waals surface area contributed by atoms with Gasteiger partial charge in [0.05, 0.1) is 5.69 Å². The molecule has 6 heteroatoms. The van der Waals surface area contributed by atoms with E-state index >= 15 is 0 Å². The van der Waals surface area contributed by atoms with Crippen LogP contribution in [-0.4, -0.2) is 22.3 Å². The minimum atomic E-state index is -4.21. The molecule has 1 N–H and O–H groups in total. The van der Waals surface area contributed by atoms with E-state index in [-0.39, 0.29) is 0 Å². The minimum absolute atomic E-state index is 0.298. The summed E-state index contributed by atoms with van der Waals surface area (Å²) in [5, 5.41) is 2.38. The van der Waals surface area contributed by atoms with Crippen molar-refractivity contribution in [3.05, 3.63) is 11.9 Å². The zero-order chi connectivity index (χ0) is 12.5. The van der Waals surface area contributed by atoms with Gasteiger partial charge in [0.25, 0.3) is 0 Å². The first-order valence-corrected chi connectivity index (χ1v) is 5.82. The van der Waals surface area contributed by atoms with Crippen molar-refractivity contribution < 1.29 is 13.2 Å². The van der Waals surface area contributed by atoms with E-state index < -0.39 is 12.7 Å². The van der Waals surface area contributed by atoms with Crippen LogP contribution >= 0.6 is 0 Å². The summed E-state index contributed by atoms with van der Waals surface area (Å²) in [7, 11) is 0. The second kappa shape index (κ2) is 4.58. The predicted octanol–water partition coefficient (Wildman–Crippen LogP) is 3.28. The summed E-state index contributed by atoms with van der Waals surface area (Å²) in [6.45, 7) is 0.764. The Labute approximate surface area is 98.0 Å². The van der Waals surface area contributed by atoms with Gasteiger partial charge in [-0.25, -0.2) is 4.98 Å². The van der Waals surface area contributed by atoms with Crippen molar-refractivity contribution in [3.8, 4) is 0 Å². The van der Waals surface area contributed by atoms with Gasteiger partial charge in [0.15, 0.2) is 0 Å². The molecule has 3 nitrogen and oxygen atoms in total. The Morgan fingerprint density at radius 1 is 1.41 bits per heavy atom. The number of aryl methyl sites for hydroxylation is 1. The molecule has 1 aliphatic carbocycles. The molecule has 0 aromatic carbocycles. The fourth-order valence-corrected chi connectivity index (χ4v) is 2.29. The topological polar surface area (TPSA) is 29.9 Å². The number of rotatable bonds is 3. The molecule has 1 aromatic heterocycles. The lowest BCUT2D eigenvalue weighted by Crippen LogP contribution is -2.23. The average molecular weight is 247 g/mol. The Morgan fingerprint density at radius 2 is 2.06 bits per heavy atom. The Hall–Kier alpha value is -1.20. The first-order valence-electron chi connectivity index (χ1n) is 5.82. The molecule has 0 bridgehead atoms. The van der Waals surface area contributed by atoms with Gasteiger partial charge in [-0.05, 0) is 19.8 Å². The van der Waals surface area contributed by atoms with Crippen molar-refractivity contribution in [3.63, 3.8) is 0 Å². The van der Waals surface area contributed by atoms with Crippen LogP contribution in [0.1, 0.15) is 37.4 Å². The van der Waals surface area contributed by atoms with E-state index in [4.69, 9.17) is 0 Å². The number of nitrogens with zero attached hydrogens (tertiary/aromatic N) is 2. The lowest BCUT2D eigenvalue weighted by molar-refractivity contribution is -0.115. The summed E-state index contributed by atoms with van der Waals surface area (Å²) < 4.78 is 38.3. The number of imidazole rings is 1. The quantitative estimate of drug-likeness (QED) is 0.888. The molecule has 0 spiro atoms. The summed E-state index contributed by atoms with van der Waals surface area (Å²) in [5.74, 6) is 0.340. The number of nitrogens with one attached hydrogen (secondary N) is 1. The molecule has 0 radical (unpaired) electrons. The highest BCUT2D eigenvalue weighted by molar-refractivity contribution is 5.30. The first-order chi connectivity index (χ1) is 7.96. The van der Waals surface area contributed by atoms with Crippen molar-refractivity contribution in [2.75, 3.05) is 11.9 Å². The lowest BCUT2D eigenvalue weighted by atomic mass is 10.2. The second-order valence-electron chi connectivity index (χ2n) is 4.52. The maximum atomic E-state index is 12.2. The number of aromatic nitrogens is 2. The molecule has 17 heavy (non-hydrogen) atoms. The van der Waals surface area contributed by atoms with Gasteiger partial charge in [0.1, 0.15) is 6.54 Å². The highest BCUT2D eigenvalue weighted by atomic mass is 19.4. The maximum absolute atomic E-state index is 12.2. The van der Waals surface area contributed by atoms with E-state index in [9.17, 15) is 13.2 Å². The molecule has 96 valence electrons. The molecule has 2 rings (SSSR count). The zero-order valence-electron chi connectivity index (χ0n) is 9.72. The van der Waals surface area contributed by atoms with E-state index in [1.807, 2.05) is 10.8 Å². The van der Waals surface area contributed by atoms with Crippen LogP contribution in [0.3, 0.4) is 0 Å². The lowest BCUT2D eigenvalue weighted by Gasteiger charge is -2.16. The predicted molar refractivity (Wildman–Crippen MR) is 59.0 cm³/mol. The maximum Gasteiger partial charge on any atom is 0.405 e. The highest BCUT2D eigenvalue weighted by Crippen LogP contribution is 2.32. The molecule has 1 heterocycles. The highest BCUT2D eigenvalue weighted by Gasteiger charge is 2.28. The summed E-state index contributed by atoms with van der Waals surface area (Å²) in [6.07, 6.45) is 1.95. The van der Waals surface area contributed by atoms with Crippen LogP contribution in [0.5, 0.6) is 0 Å². The third-order valence-corrected chi connectivity index (χ3v) is 3.02. The van der Waals surface area contributed by atoms with Gasteiger partial charge >= 0.3 is 6.18 Å². The Bertz CT molecular complexity index is 378. The second-order valence-corrected chi connectivity index (χ2v) is 4.52. The van der Waals surface area contributed by atoms with Crippen LogP contribution in [0.15, 0.2) is 6.20 Å². The Balaban J connectivity index is 2.10. The monoisotopic (exact) mass is 247 g/mol. The number of hydrogen-bond donors (Lipinski definition) is 1. The summed E-state index contributed by atoms with van der Waals surface area (Å²) >= 11 is 0. The Morgan fingerprint density at radius 3 is 2.65 bits per heavy atom. The van der Waals surface area contributed by atoms with E-state index in [0.717, 1.165) is 31.4 Å². The number of halogens is 3. The SMILES string of the molecule is Cc1cn(C2CCCC2)c(NCC(F)(F)F)n1. The van der Waals surface area contributed by atoms with Crippen molar-refractivity contribution in [2.24, 2.45) is 0 Å². The van der Waals surface area contributed by atoms with Crippen molar-refractivity contribution in [1.82, 2.24) is 9.55 Å². The smallest absolute Gasteiger partial charge is 0.347 e. The van der Waals surface area contributed by atoms with Crippen molar-refractivity contribution >= 4 is 5.95 Å². The minimum Gasteiger partial charge on any atom is -0.347 e. The standard InChI is InChI=1S/C11H16F3N3/c1-8-6-17(9-4-2-3-5-9)10(16-8)15-7-11(12,13)14/h6,9H,2-5,7H2,1H3,(H,15,16). The summed E-state index contributed by atoms with van der Waals surface area (Å²) in [5.41, 5.74) is 0.751. The number of hydrogen-bond acceptors (Lipinski definition) is 2. The molecule has 0 saturated heterocycles. The molecular weight excluding hydrogens is 231 g/mol. The van der Waals surface area contributed by atoms with E-state index in [0.29, 0.717) is 12.0 Å². The number of anilines is 1. The van der Waals surface area contributed by atoms with Crippen LogP contribution in [0.2, 0.25) is 0 Å². The van der Waals surface area contributed by atoms with Gasteiger partial charge in [-0.3, -0.25) is 0 Å². The largest absolute Gasteiger partial charge is 0.405 e. The van der Waals surface area contributed by atoms with Gasteiger partial charge < -0.3 is 9.88 Å².